The van der Waals surface area contributed by atoms with E-state index in [0.29, 0.717) is 17.7 Å². The average molecular weight is 293 g/mol. The van der Waals surface area contributed by atoms with E-state index in [9.17, 15) is 13.2 Å². The van der Waals surface area contributed by atoms with Crippen LogP contribution in [0.4, 0.5) is 13.2 Å². The van der Waals surface area contributed by atoms with E-state index in [1.54, 1.807) is 19.1 Å². The van der Waals surface area contributed by atoms with Crippen molar-refractivity contribution in [2.24, 2.45) is 0 Å². The Morgan fingerprint density at radius 3 is 2.33 bits per heavy atom. The number of rotatable bonds is 5. The van der Waals surface area contributed by atoms with Gasteiger partial charge in [0, 0.05) is 5.56 Å². The molecule has 0 heterocycles. The molecule has 0 aliphatic carbocycles. The lowest BCUT2D eigenvalue weighted by molar-refractivity contribution is 0.500. The van der Waals surface area contributed by atoms with Gasteiger partial charge in [-0.2, -0.15) is 0 Å². The van der Waals surface area contributed by atoms with E-state index in [1.807, 2.05) is 6.92 Å². The highest BCUT2D eigenvalue weighted by Gasteiger charge is 2.18. The van der Waals surface area contributed by atoms with Crippen LogP contribution in [0.5, 0.6) is 0 Å². The fourth-order valence-corrected chi connectivity index (χ4v) is 2.25. The second-order valence-corrected chi connectivity index (χ2v) is 5.09. The van der Waals surface area contributed by atoms with Gasteiger partial charge in [-0.3, -0.25) is 0 Å². The molecule has 0 fully saturated rings. The number of halogens is 3. The first kappa shape index (κ1) is 15.6. The Morgan fingerprint density at radius 2 is 1.71 bits per heavy atom. The first-order chi connectivity index (χ1) is 10.0. The van der Waals surface area contributed by atoms with E-state index in [-0.39, 0.29) is 5.82 Å². The van der Waals surface area contributed by atoms with Gasteiger partial charge in [-0.1, -0.05) is 25.1 Å². The molecule has 0 aliphatic rings. The molecule has 0 saturated heterocycles. The van der Waals surface area contributed by atoms with E-state index in [1.165, 1.54) is 12.1 Å². The summed E-state index contributed by atoms with van der Waals surface area (Å²) in [6.07, 6.45) is 0.855. The molecular weight excluding hydrogens is 275 g/mol. The second-order valence-electron chi connectivity index (χ2n) is 5.09. The SMILES string of the molecule is CCCNC(c1ccc(F)c(F)c1)c1ccc(C)cc1F. The molecule has 0 radical (unpaired) electrons. The van der Waals surface area contributed by atoms with Crippen molar-refractivity contribution in [2.75, 3.05) is 6.54 Å². The molecule has 1 unspecified atom stereocenters. The summed E-state index contributed by atoms with van der Waals surface area (Å²) in [6.45, 7) is 4.44. The predicted molar refractivity (Wildman–Crippen MR) is 77.6 cm³/mol. The van der Waals surface area contributed by atoms with Gasteiger partial charge >= 0.3 is 0 Å². The van der Waals surface area contributed by atoms with Gasteiger partial charge in [0.25, 0.3) is 0 Å². The van der Waals surface area contributed by atoms with Gasteiger partial charge in [0.05, 0.1) is 6.04 Å². The van der Waals surface area contributed by atoms with Crippen molar-refractivity contribution in [1.82, 2.24) is 5.32 Å². The zero-order valence-corrected chi connectivity index (χ0v) is 12.1. The van der Waals surface area contributed by atoms with Gasteiger partial charge in [0.1, 0.15) is 5.82 Å². The van der Waals surface area contributed by atoms with Gasteiger partial charge in [-0.15, -0.1) is 0 Å². The molecule has 1 N–H and O–H groups in total. The maximum Gasteiger partial charge on any atom is 0.159 e. The minimum Gasteiger partial charge on any atom is -0.306 e. The topological polar surface area (TPSA) is 12.0 Å². The highest BCUT2D eigenvalue weighted by atomic mass is 19.2. The molecule has 2 aromatic rings. The van der Waals surface area contributed by atoms with Crippen LogP contribution < -0.4 is 5.32 Å². The third kappa shape index (κ3) is 3.64. The second kappa shape index (κ2) is 6.76. The normalized spacial score (nSPS) is 12.4. The van der Waals surface area contributed by atoms with Gasteiger partial charge < -0.3 is 5.32 Å². The summed E-state index contributed by atoms with van der Waals surface area (Å²) in [5, 5.41) is 3.18. The van der Waals surface area contributed by atoms with E-state index >= 15 is 0 Å². The maximum absolute atomic E-state index is 14.2. The molecule has 0 aromatic heterocycles. The molecule has 112 valence electrons. The summed E-state index contributed by atoms with van der Waals surface area (Å²) in [5.41, 5.74) is 1.75. The lowest BCUT2D eigenvalue weighted by Gasteiger charge is -2.20. The van der Waals surface area contributed by atoms with Crippen LogP contribution in [0.25, 0.3) is 0 Å². The summed E-state index contributed by atoms with van der Waals surface area (Å²) in [7, 11) is 0. The Hall–Kier alpha value is -1.81. The van der Waals surface area contributed by atoms with Crippen molar-refractivity contribution in [3.63, 3.8) is 0 Å². The smallest absolute Gasteiger partial charge is 0.159 e. The minimum atomic E-state index is -0.927. The van der Waals surface area contributed by atoms with Crippen LogP contribution in [0.15, 0.2) is 36.4 Å². The van der Waals surface area contributed by atoms with Crippen LogP contribution in [-0.2, 0) is 0 Å². The van der Waals surface area contributed by atoms with Gasteiger partial charge in [-0.25, -0.2) is 13.2 Å². The third-order valence-electron chi connectivity index (χ3n) is 3.34. The average Bonchev–Trinajstić information content (AvgIpc) is 2.44. The summed E-state index contributed by atoms with van der Waals surface area (Å²) < 4.78 is 40.7. The molecule has 0 spiro atoms. The fraction of sp³-hybridized carbons (Fsp3) is 0.294. The van der Waals surface area contributed by atoms with Crippen LogP contribution >= 0.6 is 0 Å². The van der Waals surface area contributed by atoms with Crippen molar-refractivity contribution >= 4 is 0 Å². The largest absolute Gasteiger partial charge is 0.306 e. The number of benzene rings is 2. The van der Waals surface area contributed by atoms with E-state index in [4.69, 9.17) is 0 Å². The molecule has 1 nitrogen and oxygen atoms in total. The Morgan fingerprint density at radius 1 is 0.952 bits per heavy atom. The molecule has 0 bridgehead atoms. The van der Waals surface area contributed by atoms with Crippen LogP contribution in [0.1, 0.15) is 36.1 Å². The van der Waals surface area contributed by atoms with E-state index in [0.717, 1.165) is 24.1 Å². The van der Waals surface area contributed by atoms with Crippen LogP contribution in [0.2, 0.25) is 0 Å². The molecule has 0 aliphatic heterocycles. The molecule has 2 aromatic carbocycles. The number of aryl methyl sites for hydroxylation is 1. The summed E-state index contributed by atoms with van der Waals surface area (Å²) in [4.78, 5) is 0. The molecule has 4 heteroatoms. The zero-order chi connectivity index (χ0) is 15.4. The fourth-order valence-electron chi connectivity index (χ4n) is 2.25. The monoisotopic (exact) mass is 293 g/mol. The summed E-state index contributed by atoms with van der Waals surface area (Å²) in [5.74, 6) is -2.19. The highest BCUT2D eigenvalue weighted by molar-refractivity contribution is 5.35. The van der Waals surface area contributed by atoms with Crippen molar-refractivity contribution in [3.05, 3.63) is 70.5 Å². The van der Waals surface area contributed by atoms with Crippen LogP contribution in [0, 0.1) is 24.4 Å². The van der Waals surface area contributed by atoms with Crippen molar-refractivity contribution in [1.29, 1.82) is 0 Å². The standard InChI is InChI=1S/C17H18F3N/c1-3-8-21-17(12-5-7-14(18)16(20)10-12)13-6-4-11(2)9-15(13)19/h4-7,9-10,17,21H,3,8H2,1-2H3. The number of hydrogen-bond donors (Lipinski definition) is 1. The van der Waals surface area contributed by atoms with E-state index < -0.39 is 17.7 Å². The first-order valence-electron chi connectivity index (χ1n) is 6.97. The molecule has 0 saturated carbocycles. The Kier molecular flexibility index (Phi) is 5.02. The first-order valence-corrected chi connectivity index (χ1v) is 6.97. The van der Waals surface area contributed by atoms with Gasteiger partial charge in [-0.05, 0) is 49.2 Å². The van der Waals surface area contributed by atoms with Crippen molar-refractivity contribution in [3.8, 4) is 0 Å². The van der Waals surface area contributed by atoms with Gasteiger partial charge in [0.2, 0.25) is 0 Å². The van der Waals surface area contributed by atoms with Crippen LogP contribution in [0.3, 0.4) is 0 Å². The lowest BCUT2D eigenvalue weighted by Crippen LogP contribution is -2.24. The van der Waals surface area contributed by atoms with Crippen molar-refractivity contribution in [2.45, 2.75) is 26.3 Å². The highest BCUT2D eigenvalue weighted by Crippen LogP contribution is 2.26. The predicted octanol–water partition coefficient (Wildman–Crippen LogP) is 4.50. The summed E-state index contributed by atoms with van der Waals surface area (Å²) in [6, 6.07) is 8.08. The van der Waals surface area contributed by atoms with E-state index in [2.05, 4.69) is 5.32 Å². The molecule has 1 atom stereocenters. The molecular formula is C17H18F3N. The maximum atomic E-state index is 14.2. The zero-order valence-electron chi connectivity index (χ0n) is 12.1. The lowest BCUT2D eigenvalue weighted by atomic mass is 9.97. The molecule has 2 rings (SSSR count). The van der Waals surface area contributed by atoms with Crippen molar-refractivity contribution < 1.29 is 13.2 Å². The number of hydrogen-bond acceptors (Lipinski definition) is 1. The Balaban J connectivity index is 2.44. The van der Waals surface area contributed by atoms with Crippen LogP contribution in [-0.4, -0.2) is 6.54 Å². The molecule has 21 heavy (non-hydrogen) atoms. The Bertz CT molecular complexity index is 625. The third-order valence-corrected chi connectivity index (χ3v) is 3.34. The summed E-state index contributed by atoms with van der Waals surface area (Å²) >= 11 is 0. The van der Waals surface area contributed by atoms with Gasteiger partial charge in [0.15, 0.2) is 11.6 Å². The quantitative estimate of drug-likeness (QED) is 0.855. The minimum absolute atomic E-state index is 0.353. The Labute approximate surface area is 122 Å². The number of nitrogens with one attached hydrogen (secondary N) is 1. The molecule has 0 amide bonds.